The highest BCUT2D eigenvalue weighted by Gasteiger charge is 2.17. The molecular formula is C20H18N6O3. The number of methoxy groups -OCH3 is 1. The summed E-state index contributed by atoms with van der Waals surface area (Å²) in [5, 5.41) is 6.73. The van der Waals surface area contributed by atoms with Crippen molar-refractivity contribution in [1.82, 2.24) is 24.7 Å². The highest BCUT2D eigenvalue weighted by Crippen LogP contribution is 2.25. The fourth-order valence-corrected chi connectivity index (χ4v) is 2.77. The fourth-order valence-electron chi connectivity index (χ4n) is 2.77. The van der Waals surface area contributed by atoms with Gasteiger partial charge in [-0.2, -0.15) is 4.98 Å². The Labute approximate surface area is 166 Å². The number of pyridine rings is 1. The molecule has 0 saturated heterocycles. The quantitative estimate of drug-likeness (QED) is 0.539. The summed E-state index contributed by atoms with van der Waals surface area (Å²) >= 11 is 0. The highest BCUT2D eigenvalue weighted by atomic mass is 16.5. The van der Waals surface area contributed by atoms with Crippen LogP contribution >= 0.6 is 0 Å². The van der Waals surface area contributed by atoms with Gasteiger partial charge in [-0.3, -0.25) is 9.36 Å². The summed E-state index contributed by atoms with van der Waals surface area (Å²) in [6.45, 7) is 1.95. The number of nitrogens with one attached hydrogen (secondary N) is 1. The number of benzene rings is 1. The number of imidazole rings is 1. The van der Waals surface area contributed by atoms with Crippen LogP contribution in [0, 0.1) is 0 Å². The zero-order valence-electron chi connectivity index (χ0n) is 15.9. The first-order valence-electron chi connectivity index (χ1n) is 8.96. The minimum atomic E-state index is -0.364. The van der Waals surface area contributed by atoms with E-state index in [-0.39, 0.29) is 11.6 Å². The maximum atomic E-state index is 12.6. The topological polar surface area (TPSA) is 108 Å². The molecule has 4 rings (SSSR count). The third kappa shape index (κ3) is 3.70. The van der Waals surface area contributed by atoms with E-state index in [1.807, 2.05) is 25.1 Å². The van der Waals surface area contributed by atoms with E-state index in [0.29, 0.717) is 41.0 Å². The molecule has 9 heteroatoms. The molecule has 0 spiro atoms. The normalized spacial score (nSPS) is 10.7. The lowest BCUT2D eigenvalue weighted by molar-refractivity contribution is 0.102. The predicted molar refractivity (Wildman–Crippen MR) is 105 cm³/mol. The van der Waals surface area contributed by atoms with E-state index in [2.05, 4.69) is 25.4 Å². The summed E-state index contributed by atoms with van der Waals surface area (Å²) in [7, 11) is 1.55. The third-order valence-corrected chi connectivity index (χ3v) is 4.22. The fraction of sp³-hybridized carbons (Fsp3) is 0.150. The molecule has 1 aromatic carbocycles. The number of anilines is 1. The Morgan fingerprint density at radius 2 is 2.07 bits per heavy atom. The van der Waals surface area contributed by atoms with Crippen molar-refractivity contribution in [3.63, 3.8) is 0 Å². The van der Waals surface area contributed by atoms with Crippen LogP contribution in [-0.2, 0) is 6.42 Å². The molecule has 0 radical (unpaired) electrons. The molecule has 0 aliphatic rings. The molecule has 0 atom stereocenters. The number of nitrogens with zero attached hydrogens (tertiary/aromatic N) is 5. The lowest BCUT2D eigenvalue weighted by Crippen LogP contribution is -2.13. The lowest BCUT2D eigenvalue weighted by atomic mass is 10.2. The first-order chi connectivity index (χ1) is 14.2. The monoisotopic (exact) mass is 390 g/mol. The van der Waals surface area contributed by atoms with E-state index in [0.717, 1.165) is 0 Å². The number of para-hydroxylation sites is 2. The van der Waals surface area contributed by atoms with Gasteiger partial charge in [0.25, 0.3) is 11.8 Å². The van der Waals surface area contributed by atoms with Crippen molar-refractivity contribution in [2.24, 2.45) is 0 Å². The summed E-state index contributed by atoms with van der Waals surface area (Å²) in [6.07, 6.45) is 5.41. The van der Waals surface area contributed by atoms with Gasteiger partial charge in [0.1, 0.15) is 17.8 Å². The highest BCUT2D eigenvalue weighted by molar-refractivity contribution is 6.03. The second-order valence-corrected chi connectivity index (χ2v) is 6.06. The number of carbonyl (C=O) groups excluding carboxylic acids is 1. The van der Waals surface area contributed by atoms with Gasteiger partial charge >= 0.3 is 0 Å². The van der Waals surface area contributed by atoms with E-state index >= 15 is 0 Å². The number of amides is 1. The minimum absolute atomic E-state index is 0.229. The number of carbonyl (C=O) groups is 1. The molecule has 1 amide bonds. The van der Waals surface area contributed by atoms with Crippen LogP contribution in [-0.4, -0.2) is 37.7 Å². The van der Waals surface area contributed by atoms with Crippen molar-refractivity contribution < 1.29 is 14.1 Å². The van der Waals surface area contributed by atoms with Gasteiger partial charge in [0.15, 0.2) is 11.6 Å². The molecule has 29 heavy (non-hydrogen) atoms. The van der Waals surface area contributed by atoms with Crippen molar-refractivity contribution in [1.29, 1.82) is 0 Å². The molecule has 0 aliphatic carbocycles. The molecule has 4 aromatic rings. The van der Waals surface area contributed by atoms with Gasteiger partial charge in [0.05, 0.1) is 18.4 Å². The van der Waals surface area contributed by atoms with Gasteiger partial charge in [-0.1, -0.05) is 24.2 Å². The molecule has 3 heterocycles. The molecule has 9 nitrogen and oxygen atoms in total. The molecule has 0 bridgehead atoms. The number of hydrogen-bond acceptors (Lipinski definition) is 7. The summed E-state index contributed by atoms with van der Waals surface area (Å²) < 4.78 is 12.2. The second-order valence-electron chi connectivity index (χ2n) is 6.06. The number of ether oxygens (including phenoxy) is 1. The Balaban J connectivity index is 1.62. The van der Waals surface area contributed by atoms with Gasteiger partial charge in [0.2, 0.25) is 0 Å². The van der Waals surface area contributed by atoms with Crippen LogP contribution in [0.4, 0.5) is 5.69 Å². The largest absolute Gasteiger partial charge is 0.495 e. The number of aryl methyl sites for hydroxylation is 1. The Bertz CT molecular complexity index is 1150. The third-order valence-electron chi connectivity index (χ3n) is 4.22. The standard InChI is InChI=1S/C20H18N6O3/c1-3-17-24-20(29-25-17)13-7-6-10-21-18(13)26-11-15(22-12-26)19(27)23-14-8-4-5-9-16(14)28-2/h4-12H,3H2,1-2H3,(H,23,27). The zero-order valence-corrected chi connectivity index (χ0v) is 15.9. The average molecular weight is 390 g/mol. The molecule has 0 aliphatic heterocycles. The van der Waals surface area contributed by atoms with Crippen molar-refractivity contribution >= 4 is 11.6 Å². The first kappa shape index (κ1) is 18.4. The minimum Gasteiger partial charge on any atom is -0.495 e. The summed E-state index contributed by atoms with van der Waals surface area (Å²) in [4.78, 5) is 25.6. The van der Waals surface area contributed by atoms with Crippen LogP contribution in [0.25, 0.3) is 17.3 Å². The summed E-state index contributed by atoms with van der Waals surface area (Å²) in [6, 6.07) is 10.8. The van der Waals surface area contributed by atoms with Crippen LogP contribution in [0.2, 0.25) is 0 Å². The Hall–Kier alpha value is -4.01. The SMILES string of the molecule is CCc1noc(-c2cccnc2-n2cnc(C(=O)Nc3ccccc3OC)c2)n1. The Morgan fingerprint density at radius 1 is 1.21 bits per heavy atom. The average Bonchev–Trinajstić information content (AvgIpc) is 3.44. The number of rotatable bonds is 6. The van der Waals surface area contributed by atoms with Gasteiger partial charge in [-0.05, 0) is 24.3 Å². The van der Waals surface area contributed by atoms with Crippen LogP contribution in [0.5, 0.6) is 5.75 Å². The van der Waals surface area contributed by atoms with Crippen molar-refractivity contribution in [3.8, 4) is 23.0 Å². The van der Waals surface area contributed by atoms with Gasteiger partial charge < -0.3 is 14.6 Å². The number of hydrogen-bond donors (Lipinski definition) is 1. The van der Waals surface area contributed by atoms with Gasteiger partial charge in [-0.25, -0.2) is 9.97 Å². The molecule has 0 fully saturated rings. The van der Waals surface area contributed by atoms with Crippen LogP contribution < -0.4 is 10.1 Å². The second kappa shape index (κ2) is 7.93. The van der Waals surface area contributed by atoms with E-state index in [1.165, 1.54) is 6.33 Å². The first-order valence-corrected chi connectivity index (χ1v) is 8.96. The van der Waals surface area contributed by atoms with E-state index in [4.69, 9.17) is 9.26 Å². The molecule has 146 valence electrons. The Morgan fingerprint density at radius 3 is 2.86 bits per heavy atom. The Kier molecular flexibility index (Phi) is 5.02. The van der Waals surface area contributed by atoms with Crippen LogP contribution in [0.3, 0.4) is 0 Å². The summed E-state index contributed by atoms with van der Waals surface area (Å²) in [5.74, 6) is 1.70. The molecule has 0 unspecified atom stereocenters. The molecule has 0 saturated carbocycles. The van der Waals surface area contributed by atoms with Crippen molar-refractivity contribution in [2.45, 2.75) is 13.3 Å². The maximum Gasteiger partial charge on any atom is 0.275 e. The predicted octanol–water partition coefficient (Wildman–Crippen LogP) is 3.14. The van der Waals surface area contributed by atoms with Crippen molar-refractivity contribution in [3.05, 3.63) is 66.6 Å². The van der Waals surface area contributed by atoms with Crippen LogP contribution in [0.15, 0.2) is 59.6 Å². The maximum absolute atomic E-state index is 12.6. The lowest BCUT2D eigenvalue weighted by Gasteiger charge is -2.08. The zero-order chi connectivity index (χ0) is 20.2. The molecule has 3 aromatic heterocycles. The van der Waals surface area contributed by atoms with E-state index in [9.17, 15) is 4.79 Å². The smallest absolute Gasteiger partial charge is 0.275 e. The van der Waals surface area contributed by atoms with Gasteiger partial charge in [0, 0.05) is 18.8 Å². The molecule has 1 N–H and O–H groups in total. The van der Waals surface area contributed by atoms with Gasteiger partial charge in [-0.15, -0.1) is 0 Å². The molecular weight excluding hydrogens is 372 g/mol. The van der Waals surface area contributed by atoms with Crippen LogP contribution in [0.1, 0.15) is 23.2 Å². The van der Waals surface area contributed by atoms with Crippen molar-refractivity contribution in [2.75, 3.05) is 12.4 Å². The number of aromatic nitrogens is 5. The van der Waals surface area contributed by atoms with E-state index in [1.54, 1.807) is 42.3 Å². The van der Waals surface area contributed by atoms with E-state index < -0.39 is 0 Å². The summed E-state index contributed by atoms with van der Waals surface area (Å²) in [5.41, 5.74) is 1.44.